The number of rotatable bonds is 34. The lowest BCUT2D eigenvalue weighted by molar-refractivity contribution is -0.438. The lowest BCUT2D eigenvalue weighted by atomic mass is 9.75. The SMILES string of the molecule is COCCOCCOCCOCCOCCN1C(=CC=C(C)C=CC2=[N+](CCCCCC(=O)CN3C(=O)CCC3=O)c3ccc4c(S(=O)(=O)O)cc(S(=O)(=O)O)cc4c3C2(C)C)C(C)(CCCS(=O)(=O)O)c2c1ccc1c(S(=O)(=O)O)cc(S(=O)(=O)O)cc21. The molecule has 0 aromatic heterocycles. The number of Topliss-reactive ketones (excluding diaryl/α,β-unsaturated/α-hetero) is 1. The summed E-state index contributed by atoms with van der Waals surface area (Å²) < 4.78 is 208. The lowest BCUT2D eigenvalue weighted by Crippen LogP contribution is -2.34. The van der Waals surface area contributed by atoms with Crippen molar-refractivity contribution in [3.05, 3.63) is 95.2 Å². The summed E-state index contributed by atoms with van der Waals surface area (Å²) in [4.78, 5) is 36.7. The zero-order valence-electron chi connectivity index (χ0n) is 49.7. The molecule has 3 aliphatic rings. The maximum absolute atomic E-state index is 12.9. The van der Waals surface area contributed by atoms with Crippen LogP contribution in [0.2, 0.25) is 0 Å². The number of unbranched alkanes of at least 4 members (excludes halogenated alkanes) is 2. The fraction of sp³-hybridized carbons (Fsp3) is 0.483. The van der Waals surface area contributed by atoms with E-state index < -0.39 is 98.6 Å². The van der Waals surface area contributed by atoms with Gasteiger partial charge in [0.25, 0.3) is 50.6 Å². The van der Waals surface area contributed by atoms with Gasteiger partial charge in [-0.05, 0) is 112 Å². The lowest BCUT2D eigenvalue weighted by Gasteiger charge is -2.31. The van der Waals surface area contributed by atoms with Gasteiger partial charge in [-0.25, -0.2) is 0 Å². The summed E-state index contributed by atoms with van der Waals surface area (Å²) in [6.07, 6.45) is 8.23. The highest BCUT2D eigenvalue weighted by molar-refractivity contribution is 7.87. The number of nitrogens with zero attached hydrogens (tertiary/aromatic N) is 3. The zero-order chi connectivity index (χ0) is 65.5. The average molecular weight is 1340 g/mol. The van der Waals surface area contributed by atoms with Crippen LogP contribution in [0, 0.1) is 0 Å². The van der Waals surface area contributed by atoms with Gasteiger partial charge in [-0.1, -0.05) is 23.8 Å². The van der Waals surface area contributed by atoms with E-state index in [0.717, 1.165) is 17.0 Å². The van der Waals surface area contributed by atoms with E-state index in [1.807, 2.05) is 23.3 Å². The highest BCUT2D eigenvalue weighted by Crippen LogP contribution is 2.54. The molecule has 5 N–H and O–H groups in total. The van der Waals surface area contributed by atoms with E-state index in [4.69, 9.17) is 23.7 Å². The minimum Gasteiger partial charge on any atom is -0.382 e. The molecule has 0 spiro atoms. The number of hydrogen-bond acceptors (Lipinski definition) is 19. The highest BCUT2D eigenvalue weighted by Gasteiger charge is 2.47. The second kappa shape index (κ2) is 28.8. The molecule has 4 aromatic carbocycles. The van der Waals surface area contributed by atoms with Crippen LogP contribution in [-0.4, -0.2) is 190 Å². The Morgan fingerprint density at radius 1 is 0.618 bits per heavy atom. The van der Waals surface area contributed by atoms with Crippen LogP contribution in [0.25, 0.3) is 21.5 Å². The molecule has 1 fully saturated rings. The van der Waals surface area contributed by atoms with Gasteiger partial charge in [-0.2, -0.15) is 46.7 Å². The first kappa shape index (κ1) is 70.7. The number of likely N-dealkylation sites (tertiary alicyclic amines) is 1. The quantitative estimate of drug-likeness (QED) is 0.0115. The third kappa shape index (κ3) is 17.2. The molecule has 1 saturated heterocycles. The van der Waals surface area contributed by atoms with E-state index >= 15 is 0 Å². The predicted molar refractivity (Wildman–Crippen MR) is 326 cm³/mol. The van der Waals surface area contributed by atoms with Crippen molar-refractivity contribution in [2.45, 2.75) is 109 Å². The van der Waals surface area contributed by atoms with Gasteiger partial charge in [0.2, 0.25) is 17.5 Å². The van der Waals surface area contributed by atoms with E-state index in [1.165, 1.54) is 12.1 Å². The fourth-order valence-corrected chi connectivity index (χ4v) is 14.8. The van der Waals surface area contributed by atoms with Crippen LogP contribution in [0.1, 0.15) is 90.2 Å². The molecule has 0 saturated carbocycles. The first-order valence-electron chi connectivity index (χ1n) is 28.3. The Morgan fingerprint density at radius 2 is 1.13 bits per heavy atom. The zero-order valence-corrected chi connectivity index (χ0v) is 53.8. The van der Waals surface area contributed by atoms with E-state index in [-0.39, 0.29) is 111 Å². The minimum absolute atomic E-state index is 0.0331. The van der Waals surface area contributed by atoms with E-state index in [9.17, 15) is 79.2 Å². The molecule has 0 aliphatic carbocycles. The van der Waals surface area contributed by atoms with Crippen molar-refractivity contribution in [1.82, 2.24) is 4.90 Å². The molecular formula is C58H74N3O23S5+. The summed E-state index contributed by atoms with van der Waals surface area (Å²) in [7, 11) is -23.4. The molecule has 89 heavy (non-hydrogen) atoms. The summed E-state index contributed by atoms with van der Waals surface area (Å²) in [5.74, 6) is -1.82. The molecule has 2 amide bonds. The van der Waals surface area contributed by atoms with Crippen LogP contribution in [0.4, 0.5) is 11.4 Å². The average Bonchev–Trinajstić information content (AvgIpc) is 1.61. The van der Waals surface area contributed by atoms with Crippen LogP contribution in [-0.2, 0) is 99.5 Å². The number of methoxy groups -OCH3 is 1. The number of carbonyl (C=O) groups excluding carboxylic acids is 3. The van der Waals surface area contributed by atoms with Crippen LogP contribution < -0.4 is 4.90 Å². The topological polar surface area (TPSA) is 379 Å². The van der Waals surface area contributed by atoms with Gasteiger partial charge in [0.05, 0.1) is 87.0 Å². The van der Waals surface area contributed by atoms with Crippen molar-refractivity contribution in [3.8, 4) is 0 Å². The van der Waals surface area contributed by atoms with E-state index in [1.54, 1.807) is 57.4 Å². The molecule has 0 bridgehead atoms. The molecule has 1 atom stereocenters. The number of hydrogen-bond donors (Lipinski definition) is 5. The van der Waals surface area contributed by atoms with Gasteiger partial charge >= 0.3 is 0 Å². The smallest absolute Gasteiger partial charge is 0.295 e. The molecule has 4 aromatic rings. The Labute approximate surface area is 517 Å². The predicted octanol–water partition coefficient (Wildman–Crippen LogP) is 6.18. The fourth-order valence-electron chi connectivity index (χ4n) is 11.6. The van der Waals surface area contributed by atoms with Crippen molar-refractivity contribution in [1.29, 1.82) is 0 Å². The van der Waals surface area contributed by atoms with Crippen LogP contribution in [0.3, 0.4) is 0 Å². The number of benzene rings is 4. The van der Waals surface area contributed by atoms with E-state index in [2.05, 4.69) is 0 Å². The molecule has 3 aliphatic heterocycles. The Bertz CT molecular complexity index is 4110. The van der Waals surface area contributed by atoms with Crippen molar-refractivity contribution < 1.29 is 107 Å². The third-order valence-corrected chi connectivity index (χ3v) is 20.0. The van der Waals surface area contributed by atoms with Crippen molar-refractivity contribution in [2.24, 2.45) is 0 Å². The maximum atomic E-state index is 12.9. The maximum Gasteiger partial charge on any atom is 0.295 e. The normalized spacial score (nSPS) is 18.0. The summed E-state index contributed by atoms with van der Waals surface area (Å²) in [5, 5.41) is -0.120. The van der Waals surface area contributed by atoms with E-state index in [0.29, 0.717) is 98.3 Å². The molecule has 0 radical (unpaired) electrons. The molecule has 488 valence electrons. The third-order valence-electron chi connectivity index (χ3n) is 15.7. The van der Waals surface area contributed by atoms with Gasteiger partial charge in [0.15, 0.2) is 11.5 Å². The second-order valence-corrected chi connectivity index (χ2v) is 29.5. The number of ketones is 1. The summed E-state index contributed by atoms with van der Waals surface area (Å²) >= 11 is 0. The van der Waals surface area contributed by atoms with Crippen LogP contribution in [0.5, 0.6) is 0 Å². The molecular weight excluding hydrogens is 1270 g/mol. The number of carbonyl (C=O) groups is 3. The Hall–Kier alpha value is -5.75. The van der Waals surface area contributed by atoms with Gasteiger partial charge < -0.3 is 28.6 Å². The summed E-state index contributed by atoms with van der Waals surface area (Å²) in [5.41, 5.74) is 0.765. The summed E-state index contributed by atoms with van der Waals surface area (Å²) in [6.45, 7) is 9.62. The Morgan fingerprint density at radius 3 is 1.65 bits per heavy atom. The highest BCUT2D eigenvalue weighted by atomic mass is 32.2. The number of allylic oxidation sites excluding steroid dienone is 6. The number of amides is 2. The first-order valence-corrected chi connectivity index (χ1v) is 35.7. The molecule has 7 rings (SSSR count). The molecule has 26 nitrogen and oxygen atoms in total. The minimum atomic E-state index is -5.17. The van der Waals surface area contributed by atoms with Gasteiger partial charge in [0.1, 0.15) is 16.3 Å². The monoisotopic (exact) mass is 1340 g/mol. The molecule has 3 heterocycles. The van der Waals surface area contributed by atoms with Crippen molar-refractivity contribution in [2.75, 3.05) is 96.9 Å². The first-order chi connectivity index (χ1) is 41.6. The Balaban J connectivity index is 1.29. The largest absolute Gasteiger partial charge is 0.382 e. The Kier molecular flexibility index (Phi) is 22.9. The standard InChI is InChI=1S/C58H73N3O23S5/c1-39(11-17-51-57(2,3)55-45-34-41(86(68,69)70)36-49(88(74,75)76)43(45)13-15-47(55)59(51)22-8-6-7-10-40(62)38-61-53(63)19-20-54(61)64)12-18-52-58(4,21-9-33-85(65,66)67)56-46-35-42(87(71,72)73)37-50(89(77,78)79)44(46)14-16-48(56)60(52)23-24-81-27-28-83-31-32-84-30-29-82-26-25-80-5/h11-18,34-37H,6-10,19-33,38H2,1-5H3,(H4-,65,66,67,68,69,70,71,72,73,74,75,76,77,78,79)/p+1. The summed E-state index contributed by atoms with van der Waals surface area (Å²) in [6, 6.07) is 9.39. The van der Waals surface area contributed by atoms with Crippen molar-refractivity contribution >= 4 is 107 Å². The number of imide groups is 1. The van der Waals surface area contributed by atoms with Gasteiger partial charge in [-0.3, -0.25) is 42.0 Å². The second-order valence-electron chi connectivity index (χ2n) is 22.3. The van der Waals surface area contributed by atoms with Crippen LogP contribution >= 0.6 is 0 Å². The molecule has 31 heteroatoms. The van der Waals surface area contributed by atoms with Gasteiger partial charge in [-0.15, -0.1) is 0 Å². The number of ether oxygens (including phenoxy) is 5. The van der Waals surface area contributed by atoms with Gasteiger partial charge in [0, 0.05) is 84.6 Å². The number of fused-ring (bicyclic) bond motifs is 6. The van der Waals surface area contributed by atoms with Crippen LogP contribution in [0.15, 0.2) is 104 Å². The number of anilines is 1. The van der Waals surface area contributed by atoms with Crippen molar-refractivity contribution in [3.63, 3.8) is 0 Å². The molecule has 1 unspecified atom stereocenters.